The van der Waals surface area contributed by atoms with Crippen LogP contribution in [0.3, 0.4) is 0 Å². The maximum atomic E-state index is 6.81. The molecule has 32 heavy (non-hydrogen) atoms. The first-order valence-corrected chi connectivity index (χ1v) is 13.2. The zero-order chi connectivity index (χ0) is 25.1. The van der Waals surface area contributed by atoms with Crippen molar-refractivity contribution in [3.8, 4) is 0 Å². The molecular formula is C31H55N. The van der Waals surface area contributed by atoms with Crippen molar-refractivity contribution < 1.29 is 0 Å². The zero-order valence-electron chi connectivity index (χ0n) is 23.8. The molecule has 0 heterocycles. The molecule has 1 aromatic carbocycles. The van der Waals surface area contributed by atoms with Crippen LogP contribution in [-0.2, 0) is 11.8 Å². The zero-order valence-corrected chi connectivity index (χ0v) is 23.8. The lowest BCUT2D eigenvalue weighted by atomic mass is 9.55. The van der Waals surface area contributed by atoms with Gasteiger partial charge in [-0.15, -0.1) is 0 Å². The fraction of sp³-hybridized carbons (Fsp3) is 0.742. The molecule has 0 spiro atoms. The van der Waals surface area contributed by atoms with Crippen molar-refractivity contribution in [2.45, 2.75) is 133 Å². The summed E-state index contributed by atoms with van der Waals surface area (Å²) in [5.41, 5.74) is 15.8. The van der Waals surface area contributed by atoms with Crippen molar-refractivity contribution in [1.82, 2.24) is 0 Å². The van der Waals surface area contributed by atoms with Gasteiger partial charge >= 0.3 is 0 Å². The van der Waals surface area contributed by atoms with Gasteiger partial charge in [0.15, 0.2) is 0 Å². The molecule has 1 fully saturated rings. The molecule has 0 saturated heterocycles. The van der Waals surface area contributed by atoms with E-state index in [0.29, 0.717) is 11.3 Å². The van der Waals surface area contributed by atoms with E-state index in [4.69, 9.17) is 5.73 Å². The number of anilines is 1. The van der Waals surface area contributed by atoms with Gasteiger partial charge in [0.05, 0.1) is 0 Å². The number of nitrogen functional groups attached to an aromatic ring is 1. The highest BCUT2D eigenvalue weighted by Gasteiger charge is 2.45. The summed E-state index contributed by atoms with van der Waals surface area (Å²) in [5.74, 6) is 1.36. The van der Waals surface area contributed by atoms with Crippen molar-refractivity contribution in [1.29, 1.82) is 0 Å². The summed E-state index contributed by atoms with van der Waals surface area (Å²) in [5, 5.41) is 0. The fourth-order valence-corrected chi connectivity index (χ4v) is 6.54. The van der Waals surface area contributed by atoms with E-state index >= 15 is 0 Å². The second-order valence-electron chi connectivity index (χ2n) is 12.7. The summed E-state index contributed by atoms with van der Waals surface area (Å²) in [6.07, 6.45) is 7.19. The van der Waals surface area contributed by atoms with E-state index in [-0.39, 0.29) is 10.8 Å². The number of fused-ring (bicyclic) bond motifs is 3. The van der Waals surface area contributed by atoms with Crippen LogP contribution in [0.25, 0.3) is 0 Å². The lowest BCUT2D eigenvalue weighted by molar-refractivity contribution is 0.131. The van der Waals surface area contributed by atoms with Crippen molar-refractivity contribution in [2.24, 2.45) is 16.7 Å². The molecular weight excluding hydrogens is 386 g/mol. The maximum Gasteiger partial charge on any atom is 0.0384 e. The number of hydrogen-bond donors (Lipinski definition) is 1. The molecule has 2 unspecified atom stereocenters. The maximum absolute atomic E-state index is 6.81. The van der Waals surface area contributed by atoms with E-state index in [1.807, 2.05) is 13.8 Å². The summed E-state index contributed by atoms with van der Waals surface area (Å²) >= 11 is 0. The molecule has 1 saturated carbocycles. The normalized spacial score (nSPS) is 21.9. The lowest BCUT2D eigenvalue weighted by Crippen LogP contribution is -2.39. The minimum atomic E-state index is 0.0826. The number of hydrogen-bond acceptors (Lipinski definition) is 1. The van der Waals surface area contributed by atoms with E-state index in [1.165, 1.54) is 42.4 Å². The number of rotatable bonds is 2. The molecule has 1 aromatic rings. The molecule has 2 N–H and O–H groups in total. The molecule has 0 aliphatic heterocycles. The van der Waals surface area contributed by atoms with E-state index < -0.39 is 0 Å². The molecule has 2 aliphatic carbocycles. The predicted molar refractivity (Wildman–Crippen MR) is 147 cm³/mol. The lowest BCUT2D eigenvalue weighted by Gasteiger charge is -2.49. The Hall–Kier alpha value is -1.24. The van der Waals surface area contributed by atoms with Crippen molar-refractivity contribution in [3.05, 3.63) is 40.5 Å². The highest BCUT2D eigenvalue weighted by molar-refractivity contribution is 5.63. The van der Waals surface area contributed by atoms with Gasteiger partial charge in [-0.2, -0.15) is 0 Å². The first-order valence-electron chi connectivity index (χ1n) is 13.2. The van der Waals surface area contributed by atoms with Crippen LogP contribution in [0.4, 0.5) is 5.69 Å². The largest absolute Gasteiger partial charge is 0.398 e. The molecule has 2 aliphatic rings. The smallest absolute Gasteiger partial charge is 0.0384 e. The Morgan fingerprint density at radius 3 is 2.12 bits per heavy atom. The van der Waals surface area contributed by atoms with Crippen LogP contribution in [0.2, 0.25) is 0 Å². The summed E-state index contributed by atoms with van der Waals surface area (Å²) in [4.78, 5) is 0. The average Bonchev–Trinajstić information content (AvgIpc) is 2.64. The highest BCUT2D eigenvalue weighted by Crippen LogP contribution is 2.56. The Balaban J connectivity index is 0.000000944. The first kappa shape index (κ1) is 28.8. The van der Waals surface area contributed by atoms with Crippen LogP contribution in [-0.4, -0.2) is 0 Å². The second-order valence-corrected chi connectivity index (χ2v) is 12.7. The number of benzene rings is 1. The van der Waals surface area contributed by atoms with E-state index in [2.05, 4.69) is 81.9 Å². The Bertz CT molecular complexity index is 773. The fourth-order valence-electron chi connectivity index (χ4n) is 6.54. The van der Waals surface area contributed by atoms with Gasteiger partial charge in [-0.25, -0.2) is 0 Å². The summed E-state index contributed by atoms with van der Waals surface area (Å²) in [6.45, 7) is 31.6. The van der Waals surface area contributed by atoms with Gasteiger partial charge in [-0.3, -0.25) is 0 Å². The standard InChI is InChI=1S/C26H41N.C3H8.C2H6/c1-16-10-11-20-19(12-16)22-17(2)23(27)21(13-18(22)14-25(20,6)7)26(8,9)15-24(3,4)5;1-3-2;1-2/h13,19-20H,1,10-12,14-15,27H2,2-9H3;3H2,1-2H3;1-2H3. The van der Waals surface area contributed by atoms with E-state index in [9.17, 15) is 0 Å². The first-order chi connectivity index (χ1) is 14.6. The van der Waals surface area contributed by atoms with Crippen LogP contribution in [0.15, 0.2) is 18.2 Å². The predicted octanol–water partition coefficient (Wildman–Crippen LogP) is 9.76. The Morgan fingerprint density at radius 2 is 1.62 bits per heavy atom. The molecule has 3 rings (SSSR count). The summed E-state index contributed by atoms with van der Waals surface area (Å²) < 4.78 is 0. The van der Waals surface area contributed by atoms with Crippen molar-refractivity contribution >= 4 is 5.69 Å². The molecule has 184 valence electrons. The van der Waals surface area contributed by atoms with Crippen LogP contribution in [0, 0.1) is 23.7 Å². The number of allylic oxidation sites excluding steroid dienone is 1. The molecule has 0 aromatic heterocycles. The Labute approximate surface area is 201 Å². The third kappa shape index (κ3) is 6.42. The van der Waals surface area contributed by atoms with Gasteiger partial charge < -0.3 is 5.73 Å². The van der Waals surface area contributed by atoms with Gasteiger partial charge in [0, 0.05) is 5.69 Å². The van der Waals surface area contributed by atoms with Crippen LogP contribution < -0.4 is 5.73 Å². The second kappa shape index (κ2) is 10.8. The quantitative estimate of drug-likeness (QED) is 0.358. The SMILES string of the molecule is C=C1CCC2C(C1)c1c(cc(C(C)(C)CC(C)(C)C)c(N)c1C)CC2(C)C.CC.CCC. The van der Waals surface area contributed by atoms with Gasteiger partial charge in [-0.05, 0) is 89.4 Å². The average molecular weight is 442 g/mol. The molecule has 2 atom stereocenters. The molecule has 1 heteroatoms. The Morgan fingerprint density at radius 1 is 1.09 bits per heavy atom. The van der Waals surface area contributed by atoms with Gasteiger partial charge in [-0.1, -0.05) is 101 Å². The third-order valence-electron chi connectivity index (χ3n) is 7.29. The van der Waals surface area contributed by atoms with E-state index in [1.54, 1.807) is 11.1 Å². The molecule has 0 bridgehead atoms. The van der Waals surface area contributed by atoms with Crippen LogP contribution in [0.5, 0.6) is 0 Å². The van der Waals surface area contributed by atoms with Crippen LogP contribution in [0.1, 0.15) is 136 Å². The third-order valence-corrected chi connectivity index (χ3v) is 7.29. The summed E-state index contributed by atoms with van der Waals surface area (Å²) in [6, 6.07) is 2.48. The monoisotopic (exact) mass is 441 g/mol. The summed E-state index contributed by atoms with van der Waals surface area (Å²) in [7, 11) is 0. The molecule has 0 radical (unpaired) electrons. The minimum Gasteiger partial charge on any atom is -0.398 e. The van der Waals surface area contributed by atoms with Crippen LogP contribution >= 0.6 is 0 Å². The molecule has 1 nitrogen and oxygen atoms in total. The Kier molecular flexibility index (Phi) is 9.71. The van der Waals surface area contributed by atoms with Gasteiger partial charge in [0.2, 0.25) is 0 Å². The van der Waals surface area contributed by atoms with Gasteiger partial charge in [0.25, 0.3) is 0 Å². The number of nitrogens with two attached hydrogens (primary N) is 1. The van der Waals surface area contributed by atoms with Crippen molar-refractivity contribution in [3.63, 3.8) is 0 Å². The molecule has 0 amide bonds. The topological polar surface area (TPSA) is 26.0 Å². The minimum absolute atomic E-state index is 0.0826. The van der Waals surface area contributed by atoms with E-state index in [0.717, 1.165) is 24.4 Å². The van der Waals surface area contributed by atoms with Gasteiger partial charge in [0.1, 0.15) is 0 Å². The van der Waals surface area contributed by atoms with Crippen molar-refractivity contribution in [2.75, 3.05) is 5.73 Å². The highest BCUT2D eigenvalue weighted by atomic mass is 14.6.